The van der Waals surface area contributed by atoms with Crippen molar-refractivity contribution in [3.8, 4) is 5.75 Å². The average molecular weight is 419 g/mol. The van der Waals surface area contributed by atoms with Crippen molar-refractivity contribution in [2.45, 2.75) is 44.9 Å². The van der Waals surface area contributed by atoms with Crippen molar-refractivity contribution in [1.29, 1.82) is 0 Å². The van der Waals surface area contributed by atoms with E-state index in [1.165, 1.54) is 0 Å². The number of rotatable bonds is 7. The number of carbonyl (C=O) groups is 1. The molecule has 5 nitrogen and oxygen atoms in total. The van der Waals surface area contributed by atoms with Crippen LogP contribution in [-0.4, -0.2) is 25.2 Å². The fourth-order valence-electron chi connectivity index (χ4n) is 3.41. The molecule has 6 heteroatoms. The van der Waals surface area contributed by atoms with Crippen LogP contribution in [0.25, 0.3) is 0 Å². The van der Waals surface area contributed by atoms with Crippen molar-refractivity contribution < 1.29 is 14.3 Å². The summed E-state index contributed by atoms with van der Waals surface area (Å²) in [6, 6.07) is 17.9. The summed E-state index contributed by atoms with van der Waals surface area (Å²) in [5.74, 6) is 0.555. The van der Waals surface area contributed by atoms with E-state index in [1.807, 2.05) is 68.4 Å². The number of nitrogens with two attached hydrogens (primary N) is 1. The minimum Gasteiger partial charge on any atom is -0.489 e. The van der Waals surface area contributed by atoms with Crippen LogP contribution in [0.1, 0.15) is 37.8 Å². The molecular formula is C23H31ClN2O3. The van der Waals surface area contributed by atoms with E-state index in [4.69, 9.17) is 15.2 Å². The second-order valence-electron chi connectivity index (χ2n) is 7.63. The van der Waals surface area contributed by atoms with E-state index in [9.17, 15) is 4.79 Å². The van der Waals surface area contributed by atoms with Gasteiger partial charge in [-0.3, -0.25) is 4.79 Å². The smallest absolute Gasteiger partial charge is 0.225 e. The van der Waals surface area contributed by atoms with E-state index >= 15 is 0 Å². The summed E-state index contributed by atoms with van der Waals surface area (Å²) in [7, 11) is 0. The number of hydrogen-bond donors (Lipinski definition) is 2. The predicted octanol–water partition coefficient (Wildman–Crippen LogP) is 3.79. The van der Waals surface area contributed by atoms with Crippen molar-refractivity contribution in [2.75, 3.05) is 13.2 Å². The van der Waals surface area contributed by atoms with Gasteiger partial charge in [0.15, 0.2) is 0 Å². The molecule has 1 saturated heterocycles. The van der Waals surface area contributed by atoms with Crippen LogP contribution in [0.2, 0.25) is 0 Å². The molecule has 1 aliphatic rings. The highest BCUT2D eigenvalue weighted by Gasteiger charge is 2.37. The van der Waals surface area contributed by atoms with Crippen molar-refractivity contribution in [3.05, 3.63) is 65.7 Å². The number of carbonyl (C=O) groups excluding carboxylic acids is 1. The van der Waals surface area contributed by atoms with Gasteiger partial charge in [-0.1, -0.05) is 49.4 Å². The Morgan fingerprint density at radius 1 is 1.10 bits per heavy atom. The van der Waals surface area contributed by atoms with Gasteiger partial charge < -0.3 is 20.5 Å². The zero-order valence-corrected chi connectivity index (χ0v) is 17.9. The number of amides is 1. The molecule has 1 fully saturated rings. The number of benzene rings is 2. The normalized spacial score (nSPS) is 17.5. The Kier molecular flexibility index (Phi) is 8.50. The summed E-state index contributed by atoms with van der Waals surface area (Å²) in [5, 5.41) is 3.27. The van der Waals surface area contributed by atoms with Crippen LogP contribution in [0.5, 0.6) is 5.75 Å². The fraction of sp³-hybridized carbons (Fsp3) is 0.435. The number of nitrogens with one attached hydrogen (secondary N) is 1. The van der Waals surface area contributed by atoms with Crippen LogP contribution in [0.3, 0.4) is 0 Å². The maximum atomic E-state index is 12.7. The first-order chi connectivity index (χ1) is 13.5. The predicted molar refractivity (Wildman–Crippen MR) is 117 cm³/mol. The highest BCUT2D eigenvalue weighted by atomic mass is 35.5. The number of halogens is 1. The van der Waals surface area contributed by atoms with Gasteiger partial charge in [-0.2, -0.15) is 0 Å². The summed E-state index contributed by atoms with van der Waals surface area (Å²) in [4.78, 5) is 12.7. The molecule has 3 rings (SSSR count). The number of hydrogen-bond acceptors (Lipinski definition) is 4. The van der Waals surface area contributed by atoms with Gasteiger partial charge in [-0.05, 0) is 43.0 Å². The van der Waals surface area contributed by atoms with Crippen molar-refractivity contribution in [1.82, 2.24) is 5.32 Å². The Bertz CT molecular complexity index is 759. The van der Waals surface area contributed by atoms with Gasteiger partial charge in [0.1, 0.15) is 12.4 Å². The molecule has 0 radical (unpaired) electrons. The molecule has 2 unspecified atom stereocenters. The molecule has 2 aromatic carbocycles. The van der Waals surface area contributed by atoms with Crippen molar-refractivity contribution in [3.63, 3.8) is 0 Å². The number of ether oxygens (including phenoxy) is 2. The molecule has 0 aliphatic carbocycles. The van der Waals surface area contributed by atoms with E-state index in [1.54, 1.807) is 0 Å². The highest BCUT2D eigenvalue weighted by Crippen LogP contribution is 2.33. The third kappa shape index (κ3) is 5.95. The molecule has 0 saturated carbocycles. The quantitative estimate of drug-likeness (QED) is 0.717. The van der Waals surface area contributed by atoms with E-state index in [0.717, 1.165) is 29.7 Å². The fourth-order valence-corrected chi connectivity index (χ4v) is 3.41. The summed E-state index contributed by atoms with van der Waals surface area (Å²) in [6.07, 6.45) is 1.49. The lowest BCUT2D eigenvalue weighted by Gasteiger charge is -2.39. The van der Waals surface area contributed by atoms with Gasteiger partial charge in [-0.25, -0.2) is 0 Å². The Balaban J connectivity index is 0.00000300. The Hall–Kier alpha value is -2.08. The molecule has 0 aromatic heterocycles. The molecule has 29 heavy (non-hydrogen) atoms. The Labute approximate surface area is 179 Å². The van der Waals surface area contributed by atoms with E-state index in [2.05, 4.69) is 5.32 Å². The molecule has 1 aliphatic heterocycles. The molecule has 158 valence electrons. The molecular weight excluding hydrogens is 388 g/mol. The van der Waals surface area contributed by atoms with Crippen LogP contribution >= 0.6 is 12.4 Å². The first-order valence-corrected chi connectivity index (χ1v) is 9.93. The first-order valence-electron chi connectivity index (χ1n) is 9.93. The minimum absolute atomic E-state index is 0. The zero-order chi connectivity index (χ0) is 20.0. The first kappa shape index (κ1) is 23.2. The van der Waals surface area contributed by atoms with Gasteiger partial charge in [0.05, 0.1) is 5.54 Å². The lowest BCUT2D eigenvalue weighted by Crippen LogP contribution is -2.52. The van der Waals surface area contributed by atoms with Gasteiger partial charge in [0, 0.05) is 25.2 Å². The van der Waals surface area contributed by atoms with Crippen LogP contribution in [-0.2, 0) is 21.7 Å². The molecule has 0 spiro atoms. The van der Waals surface area contributed by atoms with Gasteiger partial charge in [-0.15, -0.1) is 12.4 Å². The van der Waals surface area contributed by atoms with Crippen LogP contribution in [0.15, 0.2) is 54.6 Å². The molecule has 3 N–H and O–H groups in total. The molecule has 1 amide bonds. The topological polar surface area (TPSA) is 73.6 Å². The van der Waals surface area contributed by atoms with Crippen molar-refractivity contribution in [2.24, 2.45) is 11.7 Å². The van der Waals surface area contributed by atoms with Crippen molar-refractivity contribution >= 4 is 18.3 Å². The second-order valence-corrected chi connectivity index (χ2v) is 7.63. The zero-order valence-electron chi connectivity index (χ0n) is 17.1. The molecule has 2 atom stereocenters. The maximum absolute atomic E-state index is 12.7. The maximum Gasteiger partial charge on any atom is 0.225 e. The average Bonchev–Trinajstić information content (AvgIpc) is 2.73. The Morgan fingerprint density at radius 2 is 1.72 bits per heavy atom. The van der Waals surface area contributed by atoms with E-state index in [0.29, 0.717) is 19.8 Å². The third-order valence-corrected chi connectivity index (χ3v) is 5.57. The summed E-state index contributed by atoms with van der Waals surface area (Å²) < 4.78 is 11.4. The molecule has 1 heterocycles. The standard InChI is InChI=1S/C23H30N2O3.ClH/c1-17(18(2)24)22(26)25-23(12-14-27-15-13-23)20-8-10-21(11-9-20)28-16-19-6-4-3-5-7-19;/h3-11,17-18H,12-16,24H2,1-2H3,(H,25,26);1H. The monoisotopic (exact) mass is 418 g/mol. The Morgan fingerprint density at radius 3 is 2.31 bits per heavy atom. The molecule has 0 bridgehead atoms. The van der Waals surface area contributed by atoms with Gasteiger partial charge >= 0.3 is 0 Å². The van der Waals surface area contributed by atoms with Crippen LogP contribution < -0.4 is 15.8 Å². The van der Waals surface area contributed by atoms with Crippen LogP contribution in [0.4, 0.5) is 0 Å². The van der Waals surface area contributed by atoms with Gasteiger partial charge in [0.2, 0.25) is 5.91 Å². The minimum atomic E-state index is -0.420. The highest BCUT2D eigenvalue weighted by molar-refractivity contribution is 5.85. The summed E-state index contributed by atoms with van der Waals surface area (Å²) in [5.41, 5.74) is 7.71. The van der Waals surface area contributed by atoms with Crippen LogP contribution in [0, 0.1) is 5.92 Å². The largest absolute Gasteiger partial charge is 0.489 e. The van der Waals surface area contributed by atoms with Gasteiger partial charge in [0.25, 0.3) is 0 Å². The lowest BCUT2D eigenvalue weighted by molar-refractivity contribution is -0.128. The SMILES string of the molecule is CC(N)C(C)C(=O)NC1(c2ccc(OCc3ccccc3)cc2)CCOCC1.Cl. The molecule has 2 aromatic rings. The van der Waals surface area contributed by atoms with E-state index in [-0.39, 0.29) is 30.3 Å². The second kappa shape index (κ2) is 10.6. The lowest BCUT2D eigenvalue weighted by atomic mass is 9.82. The summed E-state index contributed by atoms with van der Waals surface area (Å²) in [6.45, 7) is 5.51. The van der Waals surface area contributed by atoms with E-state index < -0.39 is 5.54 Å². The third-order valence-electron chi connectivity index (χ3n) is 5.57. The summed E-state index contributed by atoms with van der Waals surface area (Å²) >= 11 is 0.